The van der Waals surface area contributed by atoms with Crippen molar-refractivity contribution in [1.29, 1.82) is 0 Å². The van der Waals surface area contributed by atoms with Gasteiger partial charge in [0.2, 0.25) is 11.8 Å². The second kappa shape index (κ2) is 7.80. The lowest BCUT2D eigenvalue weighted by atomic mass is 10.2. The molecule has 6 nitrogen and oxygen atoms in total. The van der Waals surface area contributed by atoms with Crippen molar-refractivity contribution in [3.8, 4) is 0 Å². The van der Waals surface area contributed by atoms with Crippen LogP contribution in [-0.4, -0.2) is 22.7 Å². The summed E-state index contributed by atoms with van der Waals surface area (Å²) in [7, 11) is 0. The highest BCUT2D eigenvalue weighted by atomic mass is 32.2. The minimum atomic E-state index is -0.438. The Balaban J connectivity index is 1.47. The van der Waals surface area contributed by atoms with Crippen molar-refractivity contribution in [1.82, 2.24) is 16.0 Å². The van der Waals surface area contributed by atoms with E-state index in [4.69, 9.17) is 4.52 Å². The monoisotopic (exact) mass is 359 g/mol. The van der Waals surface area contributed by atoms with Crippen LogP contribution >= 0.6 is 11.8 Å². The van der Waals surface area contributed by atoms with Gasteiger partial charge < -0.3 is 4.52 Å². The molecule has 0 saturated heterocycles. The lowest BCUT2D eigenvalue weighted by Gasteiger charge is -2.07. The Morgan fingerprint density at radius 3 is 2.60 bits per heavy atom. The first kappa shape index (κ1) is 17.0. The number of nitrogens with one attached hydrogen (secondary N) is 2. The summed E-state index contributed by atoms with van der Waals surface area (Å²) in [4.78, 5) is 24.0. The predicted octanol–water partition coefficient (Wildman–Crippen LogP) is 2.45. The second-order valence-electron chi connectivity index (χ2n) is 5.12. The van der Waals surface area contributed by atoms with E-state index in [1.54, 1.807) is 30.3 Å². The molecular formula is C17H14FN3O3S. The van der Waals surface area contributed by atoms with Crippen LogP contribution in [0.2, 0.25) is 0 Å². The molecule has 8 heteroatoms. The molecule has 0 fully saturated rings. The van der Waals surface area contributed by atoms with Gasteiger partial charge in [-0.05, 0) is 24.3 Å². The zero-order chi connectivity index (χ0) is 17.6. The SMILES string of the molecule is O=C(CSc1ccccc1F)NNC(=O)Cc1noc2ccccc12. The number of carbonyl (C=O) groups is 2. The van der Waals surface area contributed by atoms with Crippen molar-refractivity contribution >= 4 is 34.5 Å². The molecule has 128 valence electrons. The minimum absolute atomic E-state index is 0.0197. The van der Waals surface area contributed by atoms with E-state index in [9.17, 15) is 14.0 Å². The maximum absolute atomic E-state index is 13.5. The third-order valence-corrected chi connectivity index (χ3v) is 4.37. The van der Waals surface area contributed by atoms with Gasteiger partial charge in [-0.15, -0.1) is 11.8 Å². The van der Waals surface area contributed by atoms with E-state index in [-0.39, 0.29) is 18.0 Å². The number of nitrogens with zero attached hydrogens (tertiary/aromatic N) is 1. The van der Waals surface area contributed by atoms with Crippen LogP contribution in [0, 0.1) is 5.82 Å². The molecule has 0 bridgehead atoms. The van der Waals surface area contributed by atoms with Crippen molar-refractivity contribution in [3.05, 3.63) is 60.0 Å². The topological polar surface area (TPSA) is 84.2 Å². The van der Waals surface area contributed by atoms with Crippen LogP contribution in [0.4, 0.5) is 4.39 Å². The maximum atomic E-state index is 13.5. The number of aromatic nitrogens is 1. The van der Waals surface area contributed by atoms with E-state index < -0.39 is 11.8 Å². The predicted molar refractivity (Wildman–Crippen MR) is 91.1 cm³/mol. The summed E-state index contributed by atoms with van der Waals surface area (Å²) in [5, 5.41) is 4.60. The minimum Gasteiger partial charge on any atom is -0.356 e. The molecule has 0 aliphatic heterocycles. The molecule has 0 atom stereocenters. The molecular weight excluding hydrogens is 345 g/mol. The first-order valence-corrected chi connectivity index (χ1v) is 8.40. The van der Waals surface area contributed by atoms with Crippen LogP contribution in [0.25, 0.3) is 11.0 Å². The van der Waals surface area contributed by atoms with E-state index in [2.05, 4.69) is 16.0 Å². The van der Waals surface area contributed by atoms with Gasteiger partial charge in [0.15, 0.2) is 5.58 Å². The van der Waals surface area contributed by atoms with Crippen molar-refractivity contribution < 1.29 is 18.5 Å². The zero-order valence-corrected chi connectivity index (χ0v) is 13.8. The van der Waals surface area contributed by atoms with Crippen LogP contribution < -0.4 is 10.9 Å². The summed E-state index contributed by atoms with van der Waals surface area (Å²) in [6.45, 7) is 0. The molecule has 0 saturated carbocycles. The summed E-state index contributed by atoms with van der Waals surface area (Å²) in [5.74, 6) is -1.27. The van der Waals surface area contributed by atoms with E-state index >= 15 is 0 Å². The summed E-state index contributed by atoms with van der Waals surface area (Å²) in [5.41, 5.74) is 5.68. The van der Waals surface area contributed by atoms with Crippen molar-refractivity contribution in [2.75, 3.05) is 5.75 Å². The first-order chi connectivity index (χ1) is 12.1. The number of hydrazine groups is 1. The molecule has 2 N–H and O–H groups in total. The van der Waals surface area contributed by atoms with Gasteiger partial charge >= 0.3 is 0 Å². The molecule has 0 radical (unpaired) electrons. The van der Waals surface area contributed by atoms with Gasteiger partial charge in [0.1, 0.15) is 11.5 Å². The fraction of sp³-hybridized carbons (Fsp3) is 0.118. The number of carbonyl (C=O) groups excluding carboxylic acids is 2. The number of benzene rings is 2. The zero-order valence-electron chi connectivity index (χ0n) is 13.0. The Morgan fingerprint density at radius 1 is 1.04 bits per heavy atom. The molecule has 1 heterocycles. The van der Waals surface area contributed by atoms with E-state index in [0.29, 0.717) is 16.2 Å². The van der Waals surface area contributed by atoms with Crippen LogP contribution in [0.5, 0.6) is 0 Å². The summed E-state index contributed by atoms with van der Waals surface area (Å²) < 4.78 is 18.6. The number of amides is 2. The van der Waals surface area contributed by atoms with Crippen LogP contribution in [0.1, 0.15) is 5.69 Å². The molecule has 0 unspecified atom stereocenters. The Kier molecular flexibility index (Phi) is 5.30. The summed E-state index contributed by atoms with van der Waals surface area (Å²) >= 11 is 1.05. The molecule has 2 amide bonds. The van der Waals surface area contributed by atoms with E-state index in [1.807, 2.05) is 12.1 Å². The molecule has 2 aromatic carbocycles. The quantitative estimate of drug-likeness (QED) is 0.540. The van der Waals surface area contributed by atoms with Crippen LogP contribution in [0.3, 0.4) is 0 Å². The Bertz CT molecular complexity index is 913. The summed E-state index contributed by atoms with van der Waals surface area (Å²) in [6.07, 6.45) is -0.0300. The standard InChI is InChI=1S/C17H14FN3O3S/c18-12-6-2-4-8-15(12)25-10-17(23)20-19-16(22)9-13-11-5-1-3-7-14(11)24-21-13/h1-8H,9-10H2,(H,19,22)(H,20,23). The molecule has 1 aromatic heterocycles. The number of hydrogen-bond acceptors (Lipinski definition) is 5. The largest absolute Gasteiger partial charge is 0.356 e. The number of rotatable bonds is 5. The number of halogens is 1. The average molecular weight is 359 g/mol. The maximum Gasteiger partial charge on any atom is 0.248 e. The number of hydrogen-bond donors (Lipinski definition) is 2. The highest BCUT2D eigenvalue weighted by Gasteiger charge is 2.13. The lowest BCUT2D eigenvalue weighted by molar-refractivity contribution is -0.127. The number of fused-ring (bicyclic) bond motifs is 1. The number of thioether (sulfide) groups is 1. The van der Waals surface area contributed by atoms with E-state index in [1.165, 1.54) is 6.07 Å². The highest BCUT2D eigenvalue weighted by molar-refractivity contribution is 8.00. The van der Waals surface area contributed by atoms with Gasteiger partial charge in [0, 0.05) is 10.3 Å². The molecule has 0 aliphatic rings. The van der Waals surface area contributed by atoms with Gasteiger partial charge in [0.25, 0.3) is 0 Å². The fourth-order valence-electron chi connectivity index (χ4n) is 2.14. The third-order valence-electron chi connectivity index (χ3n) is 3.32. The first-order valence-electron chi connectivity index (χ1n) is 7.42. The fourth-order valence-corrected chi connectivity index (χ4v) is 2.88. The van der Waals surface area contributed by atoms with Gasteiger partial charge in [-0.3, -0.25) is 20.4 Å². The van der Waals surface area contributed by atoms with Gasteiger partial charge in [0.05, 0.1) is 12.2 Å². The highest BCUT2D eigenvalue weighted by Crippen LogP contribution is 2.20. The molecule has 0 spiro atoms. The van der Waals surface area contributed by atoms with Crippen molar-refractivity contribution in [2.24, 2.45) is 0 Å². The third kappa shape index (κ3) is 4.36. The average Bonchev–Trinajstić information content (AvgIpc) is 3.02. The number of para-hydroxylation sites is 1. The second-order valence-corrected chi connectivity index (χ2v) is 6.13. The van der Waals surface area contributed by atoms with Crippen molar-refractivity contribution in [2.45, 2.75) is 11.3 Å². The summed E-state index contributed by atoms with van der Waals surface area (Å²) in [6, 6.07) is 13.4. The molecule has 3 aromatic rings. The Labute approximate surface area is 146 Å². The van der Waals surface area contributed by atoms with E-state index in [0.717, 1.165) is 17.1 Å². The smallest absolute Gasteiger partial charge is 0.248 e. The van der Waals surface area contributed by atoms with Gasteiger partial charge in [-0.1, -0.05) is 29.4 Å². The lowest BCUT2D eigenvalue weighted by Crippen LogP contribution is -2.43. The molecule has 3 rings (SSSR count). The Morgan fingerprint density at radius 2 is 1.76 bits per heavy atom. The van der Waals surface area contributed by atoms with Gasteiger partial charge in [-0.25, -0.2) is 4.39 Å². The van der Waals surface area contributed by atoms with Crippen LogP contribution in [0.15, 0.2) is 57.9 Å². The Hall–Kier alpha value is -2.87. The van der Waals surface area contributed by atoms with Crippen molar-refractivity contribution in [3.63, 3.8) is 0 Å². The van der Waals surface area contributed by atoms with Gasteiger partial charge in [-0.2, -0.15) is 0 Å². The van der Waals surface area contributed by atoms with Crippen LogP contribution in [-0.2, 0) is 16.0 Å². The molecule has 25 heavy (non-hydrogen) atoms. The normalized spacial score (nSPS) is 10.6. The molecule has 0 aliphatic carbocycles.